The smallest absolute Gasteiger partial charge is 0.410 e. The molecule has 284 valence electrons. The summed E-state index contributed by atoms with van der Waals surface area (Å²) >= 11 is 0. The second-order valence-electron chi connectivity index (χ2n) is 16.1. The molecule has 0 bridgehead atoms. The highest BCUT2D eigenvalue weighted by molar-refractivity contribution is 7.91. The maximum atomic E-state index is 14.4. The minimum absolute atomic E-state index is 0.00326. The molecule has 0 aromatic heterocycles. The van der Waals surface area contributed by atoms with E-state index >= 15 is 0 Å². The molecule has 1 saturated heterocycles. The van der Waals surface area contributed by atoms with E-state index in [9.17, 15) is 41.9 Å². The number of halogens is 1. The average Bonchev–Trinajstić information content (AvgIpc) is 3.96. The summed E-state index contributed by atoms with van der Waals surface area (Å²) in [6.45, 7) is 5.12. The minimum atomic E-state index is -3.92. The number of allylic oxidation sites excluding steroid dienone is 1. The quantitative estimate of drug-likeness (QED) is 0.354. The Kier molecular flexibility index (Phi) is 10.6. The van der Waals surface area contributed by atoms with E-state index in [4.69, 9.17) is 4.74 Å². The lowest BCUT2D eigenvalue weighted by Gasteiger charge is -2.30. The van der Waals surface area contributed by atoms with Gasteiger partial charge >= 0.3 is 6.09 Å². The zero-order chi connectivity index (χ0) is 37.6. The minimum Gasteiger partial charge on any atom is -0.444 e. The number of hydrogen-bond acceptors (Lipinski definition) is 9. The fourth-order valence-electron chi connectivity index (χ4n) is 7.54. The lowest BCUT2D eigenvalue weighted by molar-refractivity contribution is -0.145. The molecule has 13 nitrogen and oxygen atoms in total. The Balaban J connectivity index is 1.26. The fourth-order valence-corrected chi connectivity index (χ4v) is 8.91. The maximum Gasteiger partial charge on any atom is 0.410 e. The third kappa shape index (κ3) is 8.04. The van der Waals surface area contributed by atoms with Gasteiger partial charge in [-0.1, -0.05) is 57.9 Å². The van der Waals surface area contributed by atoms with Gasteiger partial charge in [0.2, 0.25) is 21.8 Å². The van der Waals surface area contributed by atoms with E-state index in [1.165, 1.54) is 15.9 Å². The summed E-state index contributed by atoms with van der Waals surface area (Å²) in [6, 6.07) is 3.38. The van der Waals surface area contributed by atoms with Gasteiger partial charge in [0.15, 0.2) is 5.78 Å². The van der Waals surface area contributed by atoms with Crippen LogP contribution in [0.1, 0.15) is 96.1 Å². The van der Waals surface area contributed by atoms with Crippen molar-refractivity contribution in [3.63, 3.8) is 0 Å². The van der Waals surface area contributed by atoms with E-state index < -0.39 is 91.7 Å². The highest BCUT2D eigenvalue weighted by Crippen LogP contribution is 2.46. The van der Waals surface area contributed by atoms with Gasteiger partial charge in [0.1, 0.15) is 29.6 Å². The van der Waals surface area contributed by atoms with Gasteiger partial charge < -0.3 is 20.1 Å². The summed E-state index contributed by atoms with van der Waals surface area (Å²) in [5.41, 5.74) is -1.28. The summed E-state index contributed by atoms with van der Waals surface area (Å²) in [6.07, 6.45) is 4.48. The van der Waals surface area contributed by atoms with Gasteiger partial charge in [-0.2, -0.15) is 0 Å². The van der Waals surface area contributed by atoms with E-state index in [0.29, 0.717) is 43.2 Å². The SMILES string of the molecule is CC(C)(C)C(O)C(=O)C[C@H]1CCCCC/C=C\[C@@H]2C[C@@]2(C(=O)NS(=O)(=O)C2CC2)NC(=O)[C@@H]2C[C@@H](OC(=O)N3Cc4cccc(F)c4C3)CN2C1=O. The highest BCUT2D eigenvalue weighted by Gasteiger charge is 2.62. The normalized spacial score (nSPS) is 29.4. The molecule has 15 heteroatoms. The maximum absolute atomic E-state index is 14.4. The Bertz CT molecular complexity index is 1760. The molecule has 5 aliphatic rings. The van der Waals surface area contributed by atoms with E-state index in [0.717, 1.165) is 12.8 Å². The number of aliphatic hydroxyl groups excluding tert-OH is 1. The number of sulfonamides is 1. The molecule has 0 radical (unpaired) electrons. The van der Waals surface area contributed by atoms with E-state index in [1.54, 1.807) is 32.9 Å². The average molecular weight is 745 g/mol. The summed E-state index contributed by atoms with van der Waals surface area (Å²) in [5.74, 6) is -4.35. The number of Topliss-reactive ketones (excluding diaryl/α,β-unsaturated/α-hetero) is 1. The van der Waals surface area contributed by atoms with Gasteiger partial charge in [-0.15, -0.1) is 0 Å². The molecule has 3 fully saturated rings. The van der Waals surface area contributed by atoms with Crippen LogP contribution in [0.2, 0.25) is 0 Å². The molecular weight excluding hydrogens is 695 g/mol. The first-order valence-electron chi connectivity index (χ1n) is 18.3. The Hall–Kier alpha value is -3.85. The van der Waals surface area contributed by atoms with Crippen LogP contribution in [0.3, 0.4) is 0 Å². The van der Waals surface area contributed by atoms with Gasteiger partial charge in [-0.25, -0.2) is 17.6 Å². The van der Waals surface area contributed by atoms with Crippen LogP contribution in [0.4, 0.5) is 9.18 Å². The van der Waals surface area contributed by atoms with E-state index in [-0.39, 0.29) is 38.9 Å². The van der Waals surface area contributed by atoms with Gasteiger partial charge in [-0.3, -0.25) is 28.8 Å². The van der Waals surface area contributed by atoms with Crippen molar-refractivity contribution in [1.29, 1.82) is 0 Å². The van der Waals surface area contributed by atoms with Gasteiger partial charge in [0, 0.05) is 36.8 Å². The topological polar surface area (TPSA) is 179 Å². The van der Waals surface area contributed by atoms with Gasteiger partial charge in [0.05, 0.1) is 18.3 Å². The number of nitrogens with one attached hydrogen (secondary N) is 2. The Labute approximate surface area is 303 Å². The lowest BCUT2D eigenvalue weighted by atomic mass is 9.82. The number of benzene rings is 1. The summed E-state index contributed by atoms with van der Waals surface area (Å²) in [4.78, 5) is 71.5. The number of amides is 4. The first-order chi connectivity index (χ1) is 24.5. The van der Waals surface area contributed by atoms with Crippen molar-refractivity contribution in [2.24, 2.45) is 17.3 Å². The number of hydrogen-bond donors (Lipinski definition) is 3. The van der Waals surface area contributed by atoms with Crippen LogP contribution >= 0.6 is 0 Å². The van der Waals surface area contributed by atoms with Crippen LogP contribution in [-0.2, 0) is 47.0 Å². The molecule has 3 aliphatic heterocycles. The van der Waals surface area contributed by atoms with Crippen molar-refractivity contribution in [2.45, 2.75) is 127 Å². The van der Waals surface area contributed by atoms with Crippen molar-refractivity contribution >= 4 is 39.6 Å². The Morgan fingerprint density at radius 2 is 1.87 bits per heavy atom. The molecule has 3 heterocycles. The second-order valence-corrected chi connectivity index (χ2v) is 18.1. The lowest BCUT2D eigenvalue weighted by Crippen LogP contribution is -2.57. The van der Waals surface area contributed by atoms with Crippen molar-refractivity contribution in [2.75, 3.05) is 6.54 Å². The molecule has 1 aromatic carbocycles. The Morgan fingerprint density at radius 3 is 2.56 bits per heavy atom. The van der Waals surface area contributed by atoms with Gasteiger partial charge in [0.25, 0.3) is 5.91 Å². The number of fused-ring (bicyclic) bond motifs is 3. The fraction of sp³-hybridized carbons (Fsp3) is 0.649. The van der Waals surface area contributed by atoms with E-state index in [2.05, 4.69) is 10.0 Å². The zero-order valence-corrected chi connectivity index (χ0v) is 30.8. The molecular formula is C37H49FN4O9S. The van der Waals surface area contributed by atoms with Crippen molar-refractivity contribution in [3.8, 4) is 0 Å². The predicted octanol–water partition coefficient (Wildman–Crippen LogP) is 3.23. The number of ether oxygens (including phenoxy) is 1. The van der Waals surface area contributed by atoms with Crippen LogP contribution < -0.4 is 10.0 Å². The third-order valence-electron chi connectivity index (χ3n) is 11.0. The van der Waals surface area contributed by atoms with Crippen LogP contribution in [0.25, 0.3) is 0 Å². The monoisotopic (exact) mass is 744 g/mol. The van der Waals surface area contributed by atoms with Gasteiger partial charge in [-0.05, 0) is 55.6 Å². The number of rotatable bonds is 7. The predicted molar refractivity (Wildman–Crippen MR) is 186 cm³/mol. The highest BCUT2D eigenvalue weighted by atomic mass is 32.2. The zero-order valence-electron chi connectivity index (χ0n) is 29.9. The molecule has 2 aliphatic carbocycles. The van der Waals surface area contributed by atoms with Crippen molar-refractivity contribution < 1.29 is 46.6 Å². The van der Waals surface area contributed by atoms with E-state index in [1.807, 2.05) is 12.2 Å². The van der Waals surface area contributed by atoms with Crippen molar-refractivity contribution in [1.82, 2.24) is 19.8 Å². The van der Waals surface area contributed by atoms with Crippen LogP contribution in [-0.4, -0.2) is 88.5 Å². The molecule has 4 amide bonds. The first kappa shape index (κ1) is 37.9. The summed E-state index contributed by atoms with van der Waals surface area (Å²) < 4.78 is 47.9. The summed E-state index contributed by atoms with van der Waals surface area (Å²) in [5, 5.41) is 12.9. The molecule has 6 rings (SSSR count). The number of carbonyl (C=O) groups is 5. The largest absolute Gasteiger partial charge is 0.444 e. The molecule has 0 spiro atoms. The standard InChI is InChI=1S/C37H49FN4O9S/c1-36(2,3)31(44)30(43)16-22-10-7-5-4-6-8-12-24-18-37(24,34(47)40-52(49,50)26-14-15-26)39-32(45)29-17-25(20-42(29)33(22)46)51-35(48)41-19-23-11-9-13-28(38)27(23)21-41/h8-9,11-13,22,24-26,29,31,44H,4-7,10,14-21H2,1-3H3,(H,39,45)(H,40,47)/b12-8-/t22-,24-,25-,29+,31?,37-/m1/s1. The number of carbonyl (C=O) groups excluding carboxylic acids is 5. The van der Waals surface area contributed by atoms with Crippen LogP contribution in [0.5, 0.6) is 0 Å². The van der Waals surface area contributed by atoms with Crippen molar-refractivity contribution in [3.05, 3.63) is 47.3 Å². The molecule has 1 unspecified atom stereocenters. The summed E-state index contributed by atoms with van der Waals surface area (Å²) in [7, 11) is -3.92. The molecule has 1 aromatic rings. The van der Waals surface area contributed by atoms with Crippen LogP contribution in [0.15, 0.2) is 30.4 Å². The number of nitrogens with zero attached hydrogens (tertiary/aromatic N) is 2. The molecule has 3 N–H and O–H groups in total. The first-order valence-corrected chi connectivity index (χ1v) is 19.8. The number of ketones is 1. The molecule has 6 atom stereocenters. The molecule has 52 heavy (non-hydrogen) atoms. The van der Waals surface area contributed by atoms with Crippen LogP contribution in [0, 0.1) is 23.1 Å². The second kappa shape index (κ2) is 14.5. The molecule has 2 saturated carbocycles. The Morgan fingerprint density at radius 1 is 1.12 bits per heavy atom. The third-order valence-corrected chi connectivity index (χ3v) is 12.8. The number of aliphatic hydroxyl groups is 1.